The van der Waals surface area contributed by atoms with E-state index >= 15 is 0 Å². The topological polar surface area (TPSA) is 55.6 Å². The first kappa shape index (κ1) is 10.9. The monoisotopic (exact) mass is 237 g/mol. The summed E-state index contributed by atoms with van der Waals surface area (Å²) < 4.78 is 1.65. The van der Waals surface area contributed by atoms with Crippen molar-refractivity contribution in [3.63, 3.8) is 0 Å². The summed E-state index contributed by atoms with van der Waals surface area (Å²) in [6.07, 6.45) is 1.73. The lowest BCUT2D eigenvalue weighted by molar-refractivity contribution is 0.824. The van der Waals surface area contributed by atoms with Crippen LogP contribution in [0.5, 0.6) is 0 Å². The van der Waals surface area contributed by atoms with E-state index in [2.05, 4.69) is 20.4 Å². The van der Waals surface area contributed by atoms with Crippen molar-refractivity contribution in [1.82, 2.24) is 19.7 Å². The number of nitrogens with zero attached hydrogens (tertiary/aromatic N) is 4. The van der Waals surface area contributed by atoms with Crippen LogP contribution < -0.4 is 5.32 Å². The molecule has 0 aliphatic rings. The third kappa shape index (κ3) is 1.99. The van der Waals surface area contributed by atoms with Gasteiger partial charge in [0.15, 0.2) is 5.82 Å². The number of aromatic nitrogens is 4. The van der Waals surface area contributed by atoms with E-state index in [1.807, 2.05) is 19.9 Å². The molecular formula is C10H12ClN5. The summed E-state index contributed by atoms with van der Waals surface area (Å²) in [5.74, 6) is 1.27. The van der Waals surface area contributed by atoms with Crippen LogP contribution in [0.15, 0.2) is 12.3 Å². The summed E-state index contributed by atoms with van der Waals surface area (Å²) in [5, 5.41) is 7.79. The van der Waals surface area contributed by atoms with Crippen molar-refractivity contribution in [1.29, 1.82) is 0 Å². The molecule has 0 atom stereocenters. The Balaban J connectivity index is 2.50. The zero-order chi connectivity index (χ0) is 11.7. The molecule has 6 heteroatoms. The lowest BCUT2D eigenvalue weighted by Gasteiger charge is -2.04. The number of halogens is 1. The van der Waals surface area contributed by atoms with Gasteiger partial charge in [-0.05, 0) is 13.8 Å². The molecule has 0 bridgehead atoms. The van der Waals surface area contributed by atoms with E-state index < -0.39 is 0 Å². The molecule has 16 heavy (non-hydrogen) atoms. The van der Waals surface area contributed by atoms with Gasteiger partial charge in [0.05, 0.1) is 16.9 Å². The fourth-order valence-corrected chi connectivity index (χ4v) is 1.47. The third-order valence-corrected chi connectivity index (χ3v) is 2.51. The summed E-state index contributed by atoms with van der Waals surface area (Å²) in [5.41, 5.74) is 1.66. The second kappa shape index (κ2) is 4.09. The van der Waals surface area contributed by atoms with Crippen molar-refractivity contribution in [2.24, 2.45) is 0 Å². The van der Waals surface area contributed by atoms with Crippen molar-refractivity contribution in [2.75, 3.05) is 12.4 Å². The number of anilines is 1. The Hall–Kier alpha value is -1.62. The van der Waals surface area contributed by atoms with Crippen LogP contribution in [-0.2, 0) is 0 Å². The quantitative estimate of drug-likeness (QED) is 0.868. The first-order valence-corrected chi connectivity index (χ1v) is 5.23. The van der Waals surface area contributed by atoms with Crippen molar-refractivity contribution >= 4 is 17.5 Å². The minimum absolute atomic E-state index is 0.569. The molecule has 0 saturated heterocycles. The van der Waals surface area contributed by atoms with Crippen LogP contribution in [0.25, 0.3) is 5.82 Å². The van der Waals surface area contributed by atoms with Gasteiger partial charge in [0.1, 0.15) is 0 Å². The molecule has 0 aliphatic carbocycles. The first-order chi connectivity index (χ1) is 7.60. The van der Waals surface area contributed by atoms with Gasteiger partial charge in [-0.2, -0.15) is 10.1 Å². The number of nitrogens with one attached hydrogen (secondary N) is 1. The van der Waals surface area contributed by atoms with E-state index in [0.29, 0.717) is 16.8 Å². The van der Waals surface area contributed by atoms with E-state index in [4.69, 9.17) is 11.6 Å². The van der Waals surface area contributed by atoms with Gasteiger partial charge in [-0.25, -0.2) is 9.67 Å². The maximum Gasteiger partial charge on any atom is 0.224 e. The van der Waals surface area contributed by atoms with Gasteiger partial charge in [-0.1, -0.05) is 11.6 Å². The molecule has 84 valence electrons. The Morgan fingerprint density at radius 2 is 2.06 bits per heavy atom. The van der Waals surface area contributed by atoms with E-state index in [1.165, 1.54) is 0 Å². The highest BCUT2D eigenvalue weighted by atomic mass is 35.5. The van der Waals surface area contributed by atoms with Gasteiger partial charge in [0.2, 0.25) is 5.95 Å². The Morgan fingerprint density at radius 3 is 2.62 bits per heavy atom. The summed E-state index contributed by atoms with van der Waals surface area (Å²) in [7, 11) is 1.78. The first-order valence-electron chi connectivity index (χ1n) is 4.85. The fraction of sp³-hybridized carbons (Fsp3) is 0.300. The zero-order valence-electron chi connectivity index (χ0n) is 9.32. The second-order valence-corrected chi connectivity index (χ2v) is 3.86. The number of hydrogen-bond acceptors (Lipinski definition) is 4. The molecule has 5 nitrogen and oxygen atoms in total. The Kier molecular flexibility index (Phi) is 2.78. The molecule has 2 aromatic heterocycles. The fourth-order valence-electron chi connectivity index (χ4n) is 1.34. The van der Waals surface area contributed by atoms with Crippen LogP contribution in [0.3, 0.4) is 0 Å². The highest BCUT2D eigenvalue weighted by Gasteiger charge is 2.07. The molecule has 1 N–H and O–H groups in total. The minimum Gasteiger partial charge on any atom is -0.357 e. The van der Waals surface area contributed by atoms with E-state index in [-0.39, 0.29) is 0 Å². The lowest BCUT2D eigenvalue weighted by atomic mass is 10.4. The molecule has 0 fully saturated rings. The van der Waals surface area contributed by atoms with Crippen molar-refractivity contribution in [3.8, 4) is 5.82 Å². The normalized spacial score (nSPS) is 10.5. The smallest absolute Gasteiger partial charge is 0.224 e. The highest BCUT2D eigenvalue weighted by Crippen LogP contribution is 2.16. The van der Waals surface area contributed by atoms with Crippen LogP contribution in [0.2, 0.25) is 5.02 Å². The molecule has 2 heterocycles. The van der Waals surface area contributed by atoms with Gasteiger partial charge in [0, 0.05) is 18.8 Å². The Bertz CT molecular complexity index is 500. The minimum atomic E-state index is 0.569. The molecule has 2 aromatic rings. The average Bonchev–Trinajstić information content (AvgIpc) is 2.58. The second-order valence-electron chi connectivity index (χ2n) is 3.45. The predicted molar refractivity (Wildman–Crippen MR) is 63.2 cm³/mol. The van der Waals surface area contributed by atoms with Crippen LogP contribution >= 0.6 is 11.6 Å². The molecule has 2 rings (SSSR count). The molecule has 0 radical (unpaired) electrons. The summed E-state index contributed by atoms with van der Waals surface area (Å²) in [6.45, 7) is 3.76. The predicted octanol–water partition coefficient (Wildman–Crippen LogP) is 1.97. The van der Waals surface area contributed by atoms with Gasteiger partial charge in [-0.3, -0.25) is 0 Å². The third-order valence-electron chi connectivity index (χ3n) is 2.14. The molecule has 0 spiro atoms. The van der Waals surface area contributed by atoms with Gasteiger partial charge in [-0.15, -0.1) is 0 Å². The Labute approximate surface area is 98.5 Å². The summed E-state index contributed by atoms with van der Waals surface area (Å²) in [4.78, 5) is 8.51. The summed E-state index contributed by atoms with van der Waals surface area (Å²) in [6, 6.07) is 1.85. The summed E-state index contributed by atoms with van der Waals surface area (Å²) >= 11 is 5.95. The number of aryl methyl sites for hydroxylation is 2. The number of hydrogen-bond donors (Lipinski definition) is 1. The molecule has 0 unspecified atom stereocenters. The van der Waals surface area contributed by atoms with Crippen molar-refractivity contribution in [2.45, 2.75) is 13.8 Å². The van der Waals surface area contributed by atoms with Crippen LogP contribution in [0.4, 0.5) is 5.95 Å². The number of rotatable bonds is 2. The van der Waals surface area contributed by atoms with Gasteiger partial charge in [0.25, 0.3) is 0 Å². The van der Waals surface area contributed by atoms with Crippen LogP contribution in [0.1, 0.15) is 11.4 Å². The molecule has 0 saturated carbocycles. The standard InChI is InChI=1S/C10H12ClN5/c1-6-4-9(14-10(12-3)13-6)16-5-8(11)7(2)15-16/h4-5H,1-3H3,(H,12,13,14). The largest absolute Gasteiger partial charge is 0.357 e. The van der Waals surface area contributed by atoms with Crippen LogP contribution in [0, 0.1) is 13.8 Å². The van der Waals surface area contributed by atoms with Gasteiger partial charge < -0.3 is 5.32 Å². The molecular weight excluding hydrogens is 226 g/mol. The lowest BCUT2D eigenvalue weighted by Crippen LogP contribution is -2.04. The van der Waals surface area contributed by atoms with E-state index in [0.717, 1.165) is 11.4 Å². The van der Waals surface area contributed by atoms with E-state index in [1.54, 1.807) is 17.9 Å². The maximum absolute atomic E-state index is 5.95. The SMILES string of the molecule is CNc1nc(C)cc(-n2cc(Cl)c(C)n2)n1. The average molecular weight is 238 g/mol. The van der Waals surface area contributed by atoms with Crippen molar-refractivity contribution in [3.05, 3.63) is 28.7 Å². The molecule has 0 aromatic carbocycles. The zero-order valence-corrected chi connectivity index (χ0v) is 10.1. The van der Waals surface area contributed by atoms with Crippen LogP contribution in [-0.4, -0.2) is 26.8 Å². The highest BCUT2D eigenvalue weighted by molar-refractivity contribution is 6.31. The maximum atomic E-state index is 5.95. The van der Waals surface area contributed by atoms with Gasteiger partial charge >= 0.3 is 0 Å². The van der Waals surface area contributed by atoms with E-state index in [9.17, 15) is 0 Å². The Morgan fingerprint density at radius 1 is 1.31 bits per heavy atom. The molecule has 0 aliphatic heterocycles. The molecule has 0 amide bonds. The van der Waals surface area contributed by atoms with Crippen molar-refractivity contribution < 1.29 is 0 Å².